The molecule has 1 saturated heterocycles. The van der Waals surface area contributed by atoms with Gasteiger partial charge in [0.25, 0.3) is 0 Å². The van der Waals surface area contributed by atoms with E-state index in [9.17, 15) is 4.79 Å². The number of rotatable bonds is 2. The highest BCUT2D eigenvalue weighted by Crippen LogP contribution is 2.65. The molecule has 2 aromatic rings. The second kappa shape index (κ2) is 6.34. The van der Waals surface area contributed by atoms with Crippen LogP contribution in [0.4, 0.5) is 0 Å². The number of hydrogen-bond donors (Lipinski definition) is 0. The van der Waals surface area contributed by atoms with Crippen molar-refractivity contribution in [3.05, 3.63) is 70.8 Å². The van der Waals surface area contributed by atoms with E-state index in [2.05, 4.69) is 69.0 Å². The zero-order valence-electron chi connectivity index (χ0n) is 13.5. The lowest BCUT2D eigenvalue weighted by Gasteiger charge is -2.37. The Morgan fingerprint density at radius 2 is 1.23 bits per heavy atom. The molecule has 0 aliphatic carbocycles. The molecule has 1 nitrogen and oxygen atoms in total. The number of hydrogen-bond acceptors (Lipinski definition) is 1. The van der Waals surface area contributed by atoms with Gasteiger partial charge in [-0.25, -0.2) is 0 Å². The molecule has 114 valence electrons. The highest BCUT2D eigenvalue weighted by atomic mass is 31.1. The van der Waals surface area contributed by atoms with E-state index in [0.29, 0.717) is 17.1 Å². The highest BCUT2D eigenvalue weighted by Gasteiger charge is 2.36. The van der Waals surface area contributed by atoms with Crippen LogP contribution < -0.4 is 0 Å². The molecule has 0 amide bonds. The van der Waals surface area contributed by atoms with Crippen molar-refractivity contribution in [3.8, 4) is 0 Å². The first-order valence-corrected chi connectivity index (χ1v) is 9.85. The summed E-state index contributed by atoms with van der Waals surface area (Å²) in [5.41, 5.74) is 6.20. The number of carbonyl (C=O) groups is 1. The lowest BCUT2D eigenvalue weighted by atomic mass is 9.96. The van der Waals surface area contributed by atoms with Gasteiger partial charge in [0, 0.05) is 24.2 Å². The number of ketones is 1. The van der Waals surface area contributed by atoms with E-state index < -0.39 is 0 Å². The van der Waals surface area contributed by atoms with Crippen molar-refractivity contribution in [1.29, 1.82) is 0 Å². The molecule has 1 aliphatic rings. The van der Waals surface area contributed by atoms with Crippen LogP contribution in [-0.4, -0.2) is 12.4 Å². The van der Waals surface area contributed by atoms with Gasteiger partial charge in [0.1, 0.15) is 5.78 Å². The van der Waals surface area contributed by atoms with Crippen LogP contribution in [0.15, 0.2) is 48.5 Å². The zero-order chi connectivity index (χ0) is 15.7. The van der Waals surface area contributed by atoms with Crippen LogP contribution in [0.2, 0.25) is 0 Å². The first-order chi connectivity index (χ1) is 10.6. The normalized spacial score (nSPS) is 25.2. The van der Waals surface area contributed by atoms with Crippen LogP contribution in [0.1, 0.15) is 46.4 Å². The molecule has 0 spiro atoms. The molecule has 2 unspecified atom stereocenters. The molecule has 2 atom stereocenters. The quantitative estimate of drug-likeness (QED) is 0.664. The molecule has 0 aromatic heterocycles. The number of carbonyl (C=O) groups excluding carboxylic acids is 1. The summed E-state index contributed by atoms with van der Waals surface area (Å²) in [7, 11) is -0.251. The first-order valence-electron chi connectivity index (χ1n) is 7.92. The summed E-state index contributed by atoms with van der Waals surface area (Å²) in [5, 5.41) is 0. The average Bonchev–Trinajstić information content (AvgIpc) is 2.51. The van der Waals surface area contributed by atoms with Crippen molar-refractivity contribution >= 4 is 13.7 Å². The average molecular weight is 310 g/mol. The molecule has 22 heavy (non-hydrogen) atoms. The van der Waals surface area contributed by atoms with Crippen molar-refractivity contribution in [3.63, 3.8) is 0 Å². The lowest BCUT2D eigenvalue weighted by molar-refractivity contribution is -0.119. The van der Waals surface area contributed by atoms with Gasteiger partial charge in [-0.1, -0.05) is 56.5 Å². The van der Waals surface area contributed by atoms with Crippen LogP contribution in [0.25, 0.3) is 0 Å². The third-order valence-corrected chi connectivity index (χ3v) is 7.81. The van der Waals surface area contributed by atoms with Gasteiger partial charge in [0.15, 0.2) is 0 Å². The molecule has 1 aliphatic heterocycles. The summed E-state index contributed by atoms with van der Waals surface area (Å²) < 4.78 is 0. The number of Topliss-reactive ketones (excluding diaryl/α,β-unsaturated/α-hetero) is 1. The number of aryl methyl sites for hydroxylation is 2. The van der Waals surface area contributed by atoms with Gasteiger partial charge >= 0.3 is 0 Å². The van der Waals surface area contributed by atoms with E-state index in [-0.39, 0.29) is 7.92 Å². The predicted molar refractivity (Wildman–Crippen MR) is 94.9 cm³/mol. The monoisotopic (exact) mass is 310 g/mol. The summed E-state index contributed by atoms with van der Waals surface area (Å²) >= 11 is 0. The Morgan fingerprint density at radius 1 is 0.818 bits per heavy atom. The third-order valence-electron chi connectivity index (χ3n) is 4.92. The lowest BCUT2D eigenvalue weighted by Crippen LogP contribution is -2.19. The van der Waals surface area contributed by atoms with Crippen LogP contribution in [0.3, 0.4) is 0 Å². The Bertz CT molecular complexity index is 634. The van der Waals surface area contributed by atoms with Gasteiger partial charge in [0.05, 0.1) is 0 Å². The van der Waals surface area contributed by atoms with Gasteiger partial charge in [-0.15, -0.1) is 0 Å². The van der Waals surface area contributed by atoms with Gasteiger partial charge in [0.2, 0.25) is 0 Å². The fourth-order valence-corrected chi connectivity index (χ4v) is 6.47. The number of benzene rings is 2. The standard InChI is InChI=1S/C20H23OP/c1-14-8-4-6-10-17(14)19-12-16(21)13-20(22(19)3)18-11-7-5-9-15(18)2/h4-11,19-20H,12-13H2,1-3H3. The maximum Gasteiger partial charge on any atom is 0.134 e. The van der Waals surface area contributed by atoms with Crippen LogP contribution in [0.5, 0.6) is 0 Å². The van der Waals surface area contributed by atoms with Gasteiger partial charge in [-0.2, -0.15) is 0 Å². The van der Waals surface area contributed by atoms with E-state index in [0.717, 1.165) is 12.8 Å². The molecule has 2 aromatic carbocycles. The van der Waals surface area contributed by atoms with Crippen molar-refractivity contribution in [2.24, 2.45) is 0 Å². The minimum absolute atomic E-state index is 0.251. The third kappa shape index (κ3) is 2.88. The summed E-state index contributed by atoms with van der Waals surface area (Å²) in [6, 6.07) is 17.1. The van der Waals surface area contributed by atoms with Gasteiger partial charge in [-0.05, 0) is 42.8 Å². The Kier molecular flexibility index (Phi) is 4.45. The van der Waals surface area contributed by atoms with Crippen molar-refractivity contribution in [2.75, 3.05) is 6.66 Å². The molecule has 3 rings (SSSR count). The maximum absolute atomic E-state index is 12.4. The maximum atomic E-state index is 12.4. The van der Waals surface area contributed by atoms with Crippen molar-refractivity contribution < 1.29 is 4.79 Å². The van der Waals surface area contributed by atoms with Gasteiger partial charge < -0.3 is 0 Å². The van der Waals surface area contributed by atoms with E-state index >= 15 is 0 Å². The Morgan fingerprint density at radius 3 is 1.64 bits per heavy atom. The fourth-order valence-electron chi connectivity index (χ4n) is 3.60. The van der Waals surface area contributed by atoms with E-state index in [1.165, 1.54) is 22.3 Å². The smallest absolute Gasteiger partial charge is 0.134 e. The van der Waals surface area contributed by atoms with Crippen LogP contribution >= 0.6 is 7.92 Å². The molecule has 0 radical (unpaired) electrons. The van der Waals surface area contributed by atoms with E-state index in [4.69, 9.17) is 0 Å². The predicted octanol–water partition coefficient (Wildman–Crippen LogP) is 5.56. The highest BCUT2D eigenvalue weighted by molar-refractivity contribution is 7.57. The minimum atomic E-state index is -0.251. The molecular weight excluding hydrogens is 287 g/mol. The Balaban J connectivity index is 1.99. The summed E-state index contributed by atoms with van der Waals surface area (Å²) in [5.74, 6) is 0.419. The molecule has 2 heteroatoms. The largest absolute Gasteiger partial charge is 0.300 e. The molecule has 0 bridgehead atoms. The van der Waals surface area contributed by atoms with Crippen molar-refractivity contribution in [2.45, 2.75) is 38.0 Å². The van der Waals surface area contributed by atoms with Crippen LogP contribution in [-0.2, 0) is 4.79 Å². The summed E-state index contributed by atoms with van der Waals surface area (Å²) in [4.78, 5) is 12.4. The summed E-state index contributed by atoms with van der Waals surface area (Å²) in [6.45, 7) is 6.72. The Labute approximate surface area is 134 Å². The second-order valence-corrected chi connectivity index (χ2v) is 8.93. The zero-order valence-corrected chi connectivity index (χ0v) is 14.4. The topological polar surface area (TPSA) is 17.1 Å². The summed E-state index contributed by atoms with van der Waals surface area (Å²) in [6.07, 6.45) is 1.44. The minimum Gasteiger partial charge on any atom is -0.300 e. The second-order valence-electron chi connectivity index (χ2n) is 6.36. The Hall–Kier alpha value is -1.46. The van der Waals surface area contributed by atoms with Gasteiger partial charge in [-0.3, -0.25) is 4.79 Å². The van der Waals surface area contributed by atoms with Crippen LogP contribution in [0, 0.1) is 13.8 Å². The van der Waals surface area contributed by atoms with Crippen molar-refractivity contribution in [1.82, 2.24) is 0 Å². The first kappa shape index (κ1) is 15.4. The molecular formula is C20H23OP. The SMILES string of the molecule is Cc1ccccc1C1CC(=O)CC(c2ccccc2C)P1C. The van der Waals surface area contributed by atoms with E-state index in [1.807, 2.05) is 0 Å². The molecule has 1 fully saturated rings. The molecule has 1 heterocycles. The molecule has 0 N–H and O–H groups in total. The van der Waals surface area contributed by atoms with E-state index in [1.54, 1.807) is 0 Å². The fraction of sp³-hybridized carbons (Fsp3) is 0.350. The molecule has 0 saturated carbocycles.